The van der Waals surface area contributed by atoms with Gasteiger partial charge in [-0.2, -0.15) is 5.26 Å². The van der Waals surface area contributed by atoms with Crippen LogP contribution in [0.2, 0.25) is 0 Å². The van der Waals surface area contributed by atoms with Crippen LogP contribution in [-0.2, 0) is 6.54 Å². The quantitative estimate of drug-likeness (QED) is 0.870. The molecule has 0 aliphatic carbocycles. The van der Waals surface area contributed by atoms with Crippen molar-refractivity contribution in [1.29, 1.82) is 5.26 Å². The predicted octanol–water partition coefficient (Wildman–Crippen LogP) is 3.01. The average molecular weight is 349 g/mol. The summed E-state index contributed by atoms with van der Waals surface area (Å²) in [5, 5.41) is 21.6. The summed E-state index contributed by atoms with van der Waals surface area (Å²) in [6.45, 7) is 2.08. The van der Waals surface area contributed by atoms with Gasteiger partial charge in [0, 0.05) is 37.5 Å². The summed E-state index contributed by atoms with van der Waals surface area (Å²) in [7, 11) is 0. The molecule has 1 amide bonds. The van der Waals surface area contributed by atoms with Crippen molar-refractivity contribution < 1.29 is 9.90 Å². The molecular formula is C21H23N3O2. The first kappa shape index (κ1) is 18.0. The topological polar surface area (TPSA) is 76.4 Å². The number of aliphatic hydroxyl groups is 1. The Morgan fingerprint density at radius 3 is 2.92 bits per heavy atom. The Bertz CT molecular complexity index is 813. The molecule has 1 fully saturated rings. The van der Waals surface area contributed by atoms with E-state index in [0.29, 0.717) is 24.2 Å². The van der Waals surface area contributed by atoms with Gasteiger partial charge < -0.3 is 15.3 Å². The van der Waals surface area contributed by atoms with Gasteiger partial charge in [0.25, 0.3) is 5.91 Å². The minimum atomic E-state index is 0.0123. The van der Waals surface area contributed by atoms with Gasteiger partial charge in [-0.25, -0.2) is 0 Å². The highest BCUT2D eigenvalue weighted by Crippen LogP contribution is 2.20. The monoisotopic (exact) mass is 349 g/mol. The highest BCUT2D eigenvalue weighted by Gasteiger charge is 2.24. The van der Waals surface area contributed by atoms with Gasteiger partial charge in [-0.15, -0.1) is 0 Å². The van der Waals surface area contributed by atoms with E-state index in [9.17, 15) is 9.90 Å². The fourth-order valence-corrected chi connectivity index (χ4v) is 3.30. The molecule has 2 N–H and O–H groups in total. The molecule has 0 spiro atoms. The second kappa shape index (κ2) is 8.50. The predicted molar refractivity (Wildman–Crippen MR) is 101 cm³/mol. The van der Waals surface area contributed by atoms with Gasteiger partial charge in [-0.1, -0.05) is 18.2 Å². The van der Waals surface area contributed by atoms with Crippen LogP contribution in [0.4, 0.5) is 5.69 Å². The van der Waals surface area contributed by atoms with Crippen LogP contribution in [0.1, 0.15) is 34.3 Å². The molecule has 1 heterocycles. The van der Waals surface area contributed by atoms with Crippen molar-refractivity contribution in [3.05, 3.63) is 65.2 Å². The van der Waals surface area contributed by atoms with E-state index in [4.69, 9.17) is 5.26 Å². The van der Waals surface area contributed by atoms with Crippen LogP contribution in [0.5, 0.6) is 0 Å². The summed E-state index contributed by atoms with van der Waals surface area (Å²) in [5.74, 6) is 0.194. The number of hydrogen-bond donors (Lipinski definition) is 2. The number of nitriles is 1. The van der Waals surface area contributed by atoms with Crippen molar-refractivity contribution in [2.24, 2.45) is 5.92 Å². The van der Waals surface area contributed by atoms with Gasteiger partial charge in [0.15, 0.2) is 0 Å². The lowest BCUT2D eigenvalue weighted by atomic mass is 9.98. The molecule has 1 aliphatic heterocycles. The summed E-state index contributed by atoms with van der Waals surface area (Å²) in [6.07, 6.45) is 1.91. The van der Waals surface area contributed by atoms with Crippen LogP contribution >= 0.6 is 0 Å². The molecular weight excluding hydrogens is 326 g/mol. The minimum absolute atomic E-state index is 0.0123. The summed E-state index contributed by atoms with van der Waals surface area (Å²) >= 11 is 0. The molecule has 5 nitrogen and oxygen atoms in total. The van der Waals surface area contributed by atoms with E-state index in [1.807, 2.05) is 47.4 Å². The lowest BCUT2D eigenvalue weighted by molar-refractivity contribution is 0.0621. The van der Waals surface area contributed by atoms with Crippen LogP contribution in [0.3, 0.4) is 0 Å². The molecule has 0 bridgehead atoms. The molecule has 2 aromatic rings. The first-order valence-corrected chi connectivity index (χ1v) is 8.92. The van der Waals surface area contributed by atoms with Crippen LogP contribution in [0.15, 0.2) is 48.5 Å². The second-order valence-electron chi connectivity index (χ2n) is 6.69. The van der Waals surface area contributed by atoms with Gasteiger partial charge in [-0.05, 0) is 54.7 Å². The molecule has 1 aliphatic rings. The van der Waals surface area contributed by atoms with Crippen LogP contribution in [-0.4, -0.2) is 35.6 Å². The summed E-state index contributed by atoms with van der Waals surface area (Å²) in [6, 6.07) is 17.1. The molecule has 1 saturated heterocycles. The number of aliphatic hydroxyl groups excluding tert-OH is 1. The standard InChI is InChI=1S/C21H23N3O2/c22-12-16-4-1-5-17(10-16)13-23-20-8-2-7-19(11-20)21(26)24-9-3-6-18(14-24)15-25/h1-2,4-5,7-8,10-11,18,23,25H,3,6,9,13-15H2/t18-/m0/s1. The molecule has 5 heteroatoms. The number of anilines is 1. The van der Waals surface area contributed by atoms with Crippen molar-refractivity contribution in [3.8, 4) is 6.07 Å². The zero-order chi connectivity index (χ0) is 18.4. The SMILES string of the molecule is N#Cc1cccc(CNc2cccc(C(=O)N3CCC[C@H](CO)C3)c2)c1. The molecule has 0 aromatic heterocycles. The Morgan fingerprint density at radius 2 is 2.12 bits per heavy atom. The van der Waals surface area contributed by atoms with Crippen molar-refractivity contribution in [3.63, 3.8) is 0 Å². The first-order chi connectivity index (χ1) is 12.7. The van der Waals surface area contributed by atoms with Crippen molar-refractivity contribution >= 4 is 11.6 Å². The maximum absolute atomic E-state index is 12.8. The molecule has 0 saturated carbocycles. The van der Waals surface area contributed by atoms with E-state index in [0.717, 1.165) is 30.6 Å². The van der Waals surface area contributed by atoms with Gasteiger partial charge in [0.1, 0.15) is 0 Å². The van der Waals surface area contributed by atoms with Gasteiger partial charge >= 0.3 is 0 Å². The molecule has 0 radical (unpaired) electrons. The molecule has 26 heavy (non-hydrogen) atoms. The second-order valence-corrected chi connectivity index (χ2v) is 6.69. The van der Waals surface area contributed by atoms with E-state index in [1.54, 1.807) is 6.07 Å². The number of carbonyl (C=O) groups excluding carboxylic acids is 1. The maximum atomic E-state index is 12.8. The molecule has 2 aromatic carbocycles. The van der Waals surface area contributed by atoms with Crippen LogP contribution in [0.25, 0.3) is 0 Å². The zero-order valence-electron chi connectivity index (χ0n) is 14.7. The first-order valence-electron chi connectivity index (χ1n) is 8.92. The normalized spacial score (nSPS) is 16.8. The number of rotatable bonds is 5. The molecule has 0 unspecified atom stereocenters. The Labute approximate surface area is 153 Å². The molecule has 134 valence electrons. The highest BCUT2D eigenvalue weighted by atomic mass is 16.3. The van der Waals surface area contributed by atoms with E-state index in [1.165, 1.54) is 0 Å². The fraction of sp³-hybridized carbons (Fsp3) is 0.333. The Hall–Kier alpha value is -2.84. The smallest absolute Gasteiger partial charge is 0.253 e. The summed E-state index contributed by atoms with van der Waals surface area (Å²) in [5.41, 5.74) is 3.17. The van der Waals surface area contributed by atoms with Gasteiger partial charge in [0.05, 0.1) is 11.6 Å². The number of benzene rings is 2. The summed E-state index contributed by atoms with van der Waals surface area (Å²) in [4.78, 5) is 14.6. The van der Waals surface area contributed by atoms with E-state index in [2.05, 4.69) is 11.4 Å². The highest BCUT2D eigenvalue weighted by molar-refractivity contribution is 5.95. The van der Waals surface area contributed by atoms with Gasteiger partial charge in [-0.3, -0.25) is 4.79 Å². The van der Waals surface area contributed by atoms with Crippen molar-refractivity contribution in [1.82, 2.24) is 4.90 Å². The lowest BCUT2D eigenvalue weighted by Crippen LogP contribution is -2.40. The largest absolute Gasteiger partial charge is 0.396 e. The average Bonchev–Trinajstić information content (AvgIpc) is 2.72. The minimum Gasteiger partial charge on any atom is -0.396 e. The number of amides is 1. The number of carbonyl (C=O) groups is 1. The molecule has 1 atom stereocenters. The number of nitrogens with one attached hydrogen (secondary N) is 1. The van der Waals surface area contributed by atoms with E-state index < -0.39 is 0 Å². The fourth-order valence-electron chi connectivity index (χ4n) is 3.30. The zero-order valence-corrected chi connectivity index (χ0v) is 14.7. The number of nitrogens with zero attached hydrogens (tertiary/aromatic N) is 2. The lowest BCUT2D eigenvalue weighted by Gasteiger charge is -2.32. The van der Waals surface area contributed by atoms with Crippen LogP contribution in [0, 0.1) is 17.2 Å². The third-order valence-electron chi connectivity index (χ3n) is 4.73. The third kappa shape index (κ3) is 4.41. The molecule has 3 rings (SSSR count). The maximum Gasteiger partial charge on any atom is 0.253 e. The Kier molecular flexibility index (Phi) is 5.88. The van der Waals surface area contributed by atoms with Crippen molar-refractivity contribution in [2.75, 3.05) is 25.0 Å². The number of piperidine rings is 1. The van der Waals surface area contributed by atoms with Gasteiger partial charge in [0.2, 0.25) is 0 Å². The number of hydrogen-bond acceptors (Lipinski definition) is 4. The van der Waals surface area contributed by atoms with Crippen molar-refractivity contribution in [2.45, 2.75) is 19.4 Å². The van der Waals surface area contributed by atoms with E-state index >= 15 is 0 Å². The van der Waals surface area contributed by atoms with Crippen LogP contribution < -0.4 is 5.32 Å². The Morgan fingerprint density at radius 1 is 1.27 bits per heavy atom. The Balaban J connectivity index is 1.66. The number of likely N-dealkylation sites (tertiary alicyclic amines) is 1. The third-order valence-corrected chi connectivity index (χ3v) is 4.73. The van der Waals surface area contributed by atoms with E-state index in [-0.39, 0.29) is 18.4 Å². The summed E-state index contributed by atoms with van der Waals surface area (Å²) < 4.78 is 0.